The highest BCUT2D eigenvalue weighted by Gasteiger charge is 2.18. The van der Waals surface area contributed by atoms with E-state index >= 15 is 0 Å². The number of imidazole rings is 1. The Morgan fingerprint density at radius 2 is 1.95 bits per heavy atom. The first-order valence-corrected chi connectivity index (χ1v) is 7.14. The topological polar surface area (TPSA) is 46.8 Å². The standard InChI is InChI=1S/C15H21N5/c1-11-14-4-6-20(9-13-8-16-10-19(13)3)7-5-15(14)18-12(2)17-11/h8,10H,4-7,9H2,1-3H3. The van der Waals surface area contributed by atoms with Gasteiger partial charge in [0.2, 0.25) is 0 Å². The fraction of sp³-hybridized carbons (Fsp3) is 0.533. The summed E-state index contributed by atoms with van der Waals surface area (Å²) >= 11 is 0. The SMILES string of the molecule is Cc1nc(C)c2c(n1)CCN(Cc1cncn1C)CC2. The molecule has 0 radical (unpaired) electrons. The van der Waals surface area contributed by atoms with Gasteiger partial charge in [-0.15, -0.1) is 0 Å². The van der Waals surface area contributed by atoms with Crippen LogP contribution in [-0.2, 0) is 26.4 Å². The Bertz CT molecular complexity index is 617. The Morgan fingerprint density at radius 1 is 1.15 bits per heavy atom. The summed E-state index contributed by atoms with van der Waals surface area (Å²) in [6.45, 7) is 7.14. The van der Waals surface area contributed by atoms with Crippen molar-refractivity contribution in [3.05, 3.63) is 41.0 Å². The predicted octanol–water partition coefficient (Wildman–Crippen LogP) is 1.43. The van der Waals surface area contributed by atoms with Crippen LogP contribution in [0.5, 0.6) is 0 Å². The van der Waals surface area contributed by atoms with E-state index < -0.39 is 0 Å². The first-order chi connectivity index (χ1) is 9.63. The van der Waals surface area contributed by atoms with Gasteiger partial charge in [0.15, 0.2) is 0 Å². The van der Waals surface area contributed by atoms with Crippen LogP contribution >= 0.6 is 0 Å². The third-order valence-electron chi connectivity index (χ3n) is 4.06. The molecule has 0 spiro atoms. The molecule has 5 nitrogen and oxygen atoms in total. The van der Waals surface area contributed by atoms with Crippen molar-refractivity contribution in [3.63, 3.8) is 0 Å². The maximum Gasteiger partial charge on any atom is 0.125 e. The molecule has 2 aromatic rings. The van der Waals surface area contributed by atoms with Crippen molar-refractivity contribution in [1.82, 2.24) is 24.4 Å². The summed E-state index contributed by atoms with van der Waals surface area (Å²) in [6.07, 6.45) is 5.87. The van der Waals surface area contributed by atoms with Gasteiger partial charge < -0.3 is 4.57 Å². The highest BCUT2D eigenvalue weighted by Crippen LogP contribution is 2.18. The summed E-state index contributed by atoms with van der Waals surface area (Å²) in [6, 6.07) is 0. The minimum atomic E-state index is 0.890. The van der Waals surface area contributed by atoms with E-state index in [0.717, 1.165) is 44.0 Å². The third kappa shape index (κ3) is 2.58. The molecule has 1 aliphatic rings. The first kappa shape index (κ1) is 13.2. The van der Waals surface area contributed by atoms with Crippen LogP contribution in [-0.4, -0.2) is 37.5 Å². The summed E-state index contributed by atoms with van der Waals surface area (Å²) in [7, 11) is 2.05. The van der Waals surface area contributed by atoms with Gasteiger partial charge in [-0.25, -0.2) is 15.0 Å². The summed E-state index contributed by atoms with van der Waals surface area (Å²) < 4.78 is 2.09. The van der Waals surface area contributed by atoms with Crippen LogP contribution < -0.4 is 0 Å². The number of fused-ring (bicyclic) bond motifs is 1. The molecule has 106 valence electrons. The van der Waals surface area contributed by atoms with Gasteiger partial charge in [-0.05, 0) is 25.8 Å². The maximum absolute atomic E-state index is 4.63. The molecule has 3 rings (SSSR count). The number of hydrogen-bond donors (Lipinski definition) is 0. The van der Waals surface area contributed by atoms with E-state index in [4.69, 9.17) is 0 Å². The summed E-state index contributed by atoms with van der Waals surface area (Å²) in [5, 5.41) is 0. The Kier molecular flexibility index (Phi) is 3.53. The highest BCUT2D eigenvalue weighted by atomic mass is 15.2. The molecule has 1 aliphatic heterocycles. The van der Waals surface area contributed by atoms with Gasteiger partial charge in [0.25, 0.3) is 0 Å². The number of nitrogens with zero attached hydrogens (tertiary/aromatic N) is 5. The normalized spacial score (nSPS) is 15.9. The molecule has 0 unspecified atom stereocenters. The first-order valence-electron chi connectivity index (χ1n) is 7.14. The smallest absolute Gasteiger partial charge is 0.125 e. The van der Waals surface area contributed by atoms with Crippen LogP contribution in [0.15, 0.2) is 12.5 Å². The molecule has 0 aromatic carbocycles. The largest absolute Gasteiger partial charge is 0.337 e. The van der Waals surface area contributed by atoms with Gasteiger partial charge in [-0.2, -0.15) is 0 Å². The van der Waals surface area contributed by atoms with Gasteiger partial charge in [-0.3, -0.25) is 4.90 Å². The maximum atomic E-state index is 4.63. The average Bonchev–Trinajstić information content (AvgIpc) is 2.68. The van der Waals surface area contributed by atoms with E-state index in [1.807, 2.05) is 26.5 Å². The van der Waals surface area contributed by atoms with Crippen molar-refractivity contribution in [3.8, 4) is 0 Å². The number of aromatic nitrogens is 4. The van der Waals surface area contributed by atoms with Crippen molar-refractivity contribution < 1.29 is 0 Å². The van der Waals surface area contributed by atoms with Gasteiger partial charge in [0, 0.05) is 50.7 Å². The van der Waals surface area contributed by atoms with Gasteiger partial charge in [0.1, 0.15) is 5.82 Å². The quantitative estimate of drug-likeness (QED) is 0.829. The molecule has 5 heteroatoms. The summed E-state index contributed by atoms with van der Waals surface area (Å²) in [5.74, 6) is 0.890. The second-order valence-electron chi connectivity index (χ2n) is 5.55. The van der Waals surface area contributed by atoms with Crippen molar-refractivity contribution in [2.45, 2.75) is 33.2 Å². The molecule has 0 saturated heterocycles. The second kappa shape index (κ2) is 5.32. The van der Waals surface area contributed by atoms with E-state index in [1.165, 1.54) is 17.0 Å². The minimum absolute atomic E-state index is 0.890. The van der Waals surface area contributed by atoms with Crippen molar-refractivity contribution in [1.29, 1.82) is 0 Å². The van der Waals surface area contributed by atoms with Gasteiger partial charge >= 0.3 is 0 Å². The molecule has 0 fully saturated rings. The van der Waals surface area contributed by atoms with Crippen LogP contribution in [0.4, 0.5) is 0 Å². The Balaban J connectivity index is 1.76. The fourth-order valence-electron chi connectivity index (χ4n) is 2.91. The zero-order chi connectivity index (χ0) is 14.1. The van der Waals surface area contributed by atoms with E-state index in [-0.39, 0.29) is 0 Å². The van der Waals surface area contributed by atoms with E-state index in [9.17, 15) is 0 Å². The minimum Gasteiger partial charge on any atom is -0.337 e. The molecule has 0 atom stereocenters. The van der Waals surface area contributed by atoms with Crippen LogP contribution in [0.25, 0.3) is 0 Å². The van der Waals surface area contributed by atoms with E-state index in [0.29, 0.717) is 0 Å². The molecule has 20 heavy (non-hydrogen) atoms. The number of aryl methyl sites for hydroxylation is 3. The summed E-state index contributed by atoms with van der Waals surface area (Å²) in [5.41, 5.74) is 5.00. The van der Waals surface area contributed by atoms with Crippen molar-refractivity contribution in [2.24, 2.45) is 7.05 Å². The lowest BCUT2D eigenvalue weighted by molar-refractivity contribution is 0.273. The number of rotatable bonds is 2. The second-order valence-corrected chi connectivity index (χ2v) is 5.55. The molecule has 3 heterocycles. The van der Waals surface area contributed by atoms with Gasteiger partial charge in [-0.1, -0.05) is 0 Å². The van der Waals surface area contributed by atoms with E-state index in [2.05, 4.69) is 31.3 Å². The molecule has 0 saturated carbocycles. The monoisotopic (exact) mass is 271 g/mol. The highest BCUT2D eigenvalue weighted by molar-refractivity contribution is 5.27. The lowest BCUT2D eigenvalue weighted by Gasteiger charge is -2.19. The lowest BCUT2D eigenvalue weighted by atomic mass is 10.1. The van der Waals surface area contributed by atoms with Crippen molar-refractivity contribution in [2.75, 3.05) is 13.1 Å². The van der Waals surface area contributed by atoms with Gasteiger partial charge in [0.05, 0.1) is 12.0 Å². The molecular formula is C15H21N5. The molecule has 2 aromatic heterocycles. The fourth-order valence-corrected chi connectivity index (χ4v) is 2.91. The molecule has 0 bridgehead atoms. The average molecular weight is 271 g/mol. The molecule has 0 amide bonds. The lowest BCUT2D eigenvalue weighted by Crippen LogP contribution is -2.26. The predicted molar refractivity (Wildman–Crippen MR) is 77.4 cm³/mol. The zero-order valence-corrected chi connectivity index (χ0v) is 12.4. The third-order valence-corrected chi connectivity index (χ3v) is 4.06. The van der Waals surface area contributed by atoms with Crippen LogP contribution in [0.2, 0.25) is 0 Å². The van der Waals surface area contributed by atoms with Crippen molar-refractivity contribution >= 4 is 0 Å². The summed E-state index contributed by atoms with van der Waals surface area (Å²) in [4.78, 5) is 15.8. The van der Waals surface area contributed by atoms with E-state index in [1.54, 1.807) is 0 Å². The molecule has 0 N–H and O–H groups in total. The molecule has 0 aliphatic carbocycles. The van der Waals surface area contributed by atoms with Crippen LogP contribution in [0.3, 0.4) is 0 Å². The van der Waals surface area contributed by atoms with Crippen LogP contribution in [0.1, 0.15) is 28.5 Å². The molecular weight excluding hydrogens is 250 g/mol. The van der Waals surface area contributed by atoms with Crippen LogP contribution in [0, 0.1) is 13.8 Å². The Hall–Kier alpha value is -1.75. The zero-order valence-electron chi connectivity index (χ0n) is 12.4. The Labute approximate surface area is 119 Å². The number of hydrogen-bond acceptors (Lipinski definition) is 4. The Morgan fingerprint density at radius 3 is 2.70 bits per heavy atom.